The predicted octanol–water partition coefficient (Wildman–Crippen LogP) is 5.42. The van der Waals surface area contributed by atoms with Gasteiger partial charge in [-0.15, -0.1) is 0 Å². The number of rotatable bonds is 5. The summed E-state index contributed by atoms with van der Waals surface area (Å²) in [7, 11) is 0. The van der Waals surface area contributed by atoms with Crippen LogP contribution in [0.4, 0.5) is 18.9 Å². The summed E-state index contributed by atoms with van der Waals surface area (Å²) in [5.74, 6) is -0.627. The molecule has 1 fully saturated rings. The number of halogens is 5. The maximum Gasteiger partial charge on any atom is 0.416 e. The summed E-state index contributed by atoms with van der Waals surface area (Å²) in [5.41, 5.74) is -0.328. The van der Waals surface area contributed by atoms with Crippen molar-refractivity contribution in [1.82, 2.24) is 19.6 Å². The lowest BCUT2D eigenvalue weighted by molar-refractivity contribution is -0.137. The van der Waals surface area contributed by atoms with Gasteiger partial charge >= 0.3 is 6.18 Å². The summed E-state index contributed by atoms with van der Waals surface area (Å²) < 4.78 is 41.6. The minimum atomic E-state index is -4.61. The minimum Gasteiger partial charge on any atom is -0.323 e. The van der Waals surface area contributed by atoms with Gasteiger partial charge in [0.1, 0.15) is 12.1 Å². The molecule has 0 bridgehead atoms. The molecule has 0 spiro atoms. The summed E-state index contributed by atoms with van der Waals surface area (Å²) in [4.78, 5) is 26.1. The van der Waals surface area contributed by atoms with Gasteiger partial charge in [-0.25, -0.2) is 9.36 Å². The lowest BCUT2D eigenvalue weighted by Gasteiger charge is -2.13. The van der Waals surface area contributed by atoms with E-state index in [1.54, 1.807) is 30.5 Å². The molecule has 1 aliphatic carbocycles. The first-order valence-electron chi connectivity index (χ1n) is 10.5. The van der Waals surface area contributed by atoms with E-state index < -0.39 is 29.8 Å². The molecule has 0 unspecified atom stereocenters. The van der Waals surface area contributed by atoms with Crippen LogP contribution < -0.4 is 10.9 Å². The van der Waals surface area contributed by atoms with E-state index in [1.165, 1.54) is 4.68 Å². The van der Waals surface area contributed by atoms with Crippen LogP contribution in [-0.4, -0.2) is 25.5 Å². The summed E-state index contributed by atoms with van der Waals surface area (Å²) >= 11 is 12.1. The van der Waals surface area contributed by atoms with E-state index in [-0.39, 0.29) is 22.1 Å². The number of fused-ring (bicyclic) bond motifs is 1. The lowest BCUT2D eigenvalue weighted by atomic mass is 10.2. The molecule has 2 aromatic carbocycles. The van der Waals surface area contributed by atoms with Crippen molar-refractivity contribution in [3.63, 3.8) is 0 Å². The molecule has 5 rings (SSSR count). The smallest absolute Gasteiger partial charge is 0.323 e. The Kier molecular flexibility index (Phi) is 5.80. The van der Waals surface area contributed by atoms with Gasteiger partial charge in [0.25, 0.3) is 5.56 Å². The van der Waals surface area contributed by atoms with Crippen LogP contribution in [0.5, 0.6) is 0 Å². The van der Waals surface area contributed by atoms with Gasteiger partial charge in [0.15, 0.2) is 0 Å². The standard InChI is InChI=1S/C23H16Cl2F3N5O2/c24-14-2-1-3-15(9-14)33-21-16(10-29-33)20(12-4-5-12)31-32(22(21)35)11-19(34)30-18-8-13(23(26,27)28)6-7-17(18)25/h1-3,6-10,12H,4-5,11H2,(H,30,34). The molecule has 2 heterocycles. The summed E-state index contributed by atoms with van der Waals surface area (Å²) in [6.07, 6.45) is -1.28. The molecule has 0 saturated heterocycles. The van der Waals surface area contributed by atoms with Crippen LogP contribution in [-0.2, 0) is 17.5 Å². The molecule has 1 aliphatic rings. The maximum atomic E-state index is 13.4. The first kappa shape index (κ1) is 23.4. The largest absolute Gasteiger partial charge is 0.416 e. The van der Waals surface area contributed by atoms with Crippen molar-refractivity contribution in [3.05, 3.63) is 80.3 Å². The zero-order valence-corrected chi connectivity index (χ0v) is 19.3. The monoisotopic (exact) mass is 521 g/mol. The Morgan fingerprint density at radius 3 is 2.60 bits per heavy atom. The molecular formula is C23H16Cl2F3N5O2. The van der Waals surface area contributed by atoms with E-state index in [0.717, 1.165) is 35.7 Å². The number of hydrogen-bond acceptors (Lipinski definition) is 4. The van der Waals surface area contributed by atoms with Crippen LogP contribution >= 0.6 is 23.2 Å². The van der Waals surface area contributed by atoms with Gasteiger partial charge in [-0.1, -0.05) is 29.3 Å². The molecule has 35 heavy (non-hydrogen) atoms. The van der Waals surface area contributed by atoms with Crippen molar-refractivity contribution < 1.29 is 18.0 Å². The van der Waals surface area contributed by atoms with Crippen LogP contribution in [0.2, 0.25) is 10.0 Å². The summed E-state index contributed by atoms with van der Waals surface area (Å²) in [6.45, 7) is -0.526. The van der Waals surface area contributed by atoms with Crippen molar-refractivity contribution in [1.29, 1.82) is 0 Å². The van der Waals surface area contributed by atoms with E-state index in [9.17, 15) is 22.8 Å². The number of carbonyl (C=O) groups is 1. The van der Waals surface area contributed by atoms with Crippen LogP contribution in [0.3, 0.4) is 0 Å². The molecular weight excluding hydrogens is 506 g/mol. The van der Waals surface area contributed by atoms with Gasteiger partial charge < -0.3 is 5.32 Å². The highest BCUT2D eigenvalue weighted by molar-refractivity contribution is 6.33. The first-order valence-corrected chi connectivity index (χ1v) is 11.3. The molecule has 0 atom stereocenters. The van der Waals surface area contributed by atoms with Gasteiger partial charge in [-0.2, -0.15) is 23.4 Å². The summed E-state index contributed by atoms with van der Waals surface area (Å²) in [6, 6.07) is 9.40. The van der Waals surface area contributed by atoms with Gasteiger partial charge in [0.2, 0.25) is 5.91 Å². The number of nitrogens with one attached hydrogen (secondary N) is 1. The number of alkyl halides is 3. The second-order valence-corrected chi connectivity index (χ2v) is 9.01. The predicted molar refractivity (Wildman–Crippen MR) is 125 cm³/mol. The van der Waals surface area contributed by atoms with Crippen LogP contribution in [0.25, 0.3) is 16.6 Å². The summed E-state index contributed by atoms with van der Waals surface area (Å²) in [5, 5.41) is 12.1. The van der Waals surface area contributed by atoms with Crippen LogP contribution in [0.1, 0.15) is 30.0 Å². The van der Waals surface area contributed by atoms with E-state index in [0.29, 0.717) is 21.8 Å². The average Bonchev–Trinajstić information content (AvgIpc) is 3.54. The van der Waals surface area contributed by atoms with Crippen molar-refractivity contribution >= 4 is 45.7 Å². The van der Waals surface area contributed by atoms with Crippen molar-refractivity contribution in [2.45, 2.75) is 31.5 Å². The molecule has 7 nitrogen and oxygen atoms in total. The van der Waals surface area contributed by atoms with Crippen molar-refractivity contribution in [2.24, 2.45) is 0 Å². The maximum absolute atomic E-state index is 13.4. The van der Waals surface area contributed by atoms with Crippen molar-refractivity contribution in [2.75, 3.05) is 5.32 Å². The number of anilines is 1. The highest BCUT2D eigenvalue weighted by Gasteiger charge is 2.32. The number of amides is 1. The Morgan fingerprint density at radius 2 is 1.91 bits per heavy atom. The highest BCUT2D eigenvalue weighted by Crippen LogP contribution is 2.41. The minimum absolute atomic E-state index is 0.0696. The normalized spacial score (nSPS) is 13.9. The topological polar surface area (TPSA) is 81.8 Å². The molecule has 1 amide bonds. The quantitative estimate of drug-likeness (QED) is 0.380. The molecule has 2 aromatic heterocycles. The zero-order valence-electron chi connectivity index (χ0n) is 17.8. The highest BCUT2D eigenvalue weighted by atomic mass is 35.5. The molecule has 4 aromatic rings. The third kappa shape index (κ3) is 4.63. The van der Waals surface area contributed by atoms with Gasteiger partial charge in [0.05, 0.1) is 33.9 Å². The number of benzene rings is 2. The van der Waals surface area contributed by atoms with Crippen LogP contribution in [0, 0.1) is 0 Å². The Hall–Kier alpha value is -3.37. The number of hydrogen-bond donors (Lipinski definition) is 1. The van der Waals surface area contributed by atoms with Crippen LogP contribution in [0.15, 0.2) is 53.5 Å². The molecule has 1 N–H and O–H groups in total. The Morgan fingerprint density at radius 1 is 1.14 bits per heavy atom. The Bertz CT molecular complexity index is 1530. The van der Waals surface area contributed by atoms with Gasteiger partial charge in [-0.05, 0) is 49.2 Å². The van der Waals surface area contributed by atoms with Gasteiger partial charge in [0, 0.05) is 16.3 Å². The molecule has 180 valence electrons. The Labute approximate surface area is 206 Å². The molecule has 12 heteroatoms. The van der Waals surface area contributed by atoms with E-state index in [1.807, 2.05) is 0 Å². The number of carbonyl (C=O) groups excluding carboxylic acids is 1. The molecule has 1 saturated carbocycles. The average molecular weight is 522 g/mol. The van der Waals surface area contributed by atoms with E-state index in [2.05, 4.69) is 15.5 Å². The zero-order chi connectivity index (χ0) is 24.9. The molecule has 0 aliphatic heterocycles. The fraction of sp³-hybridized carbons (Fsp3) is 0.217. The lowest BCUT2D eigenvalue weighted by Crippen LogP contribution is -2.31. The second kappa shape index (κ2) is 8.69. The third-order valence-electron chi connectivity index (χ3n) is 5.59. The fourth-order valence-electron chi connectivity index (χ4n) is 3.79. The van der Waals surface area contributed by atoms with E-state index in [4.69, 9.17) is 23.2 Å². The number of nitrogens with zero attached hydrogens (tertiary/aromatic N) is 4. The van der Waals surface area contributed by atoms with Gasteiger partial charge in [-0.3, -0.25) is 9.59 Å². The third-order valence-corrected chi connectivity index (χ3v) is 6.15. The van der Waals surface area contributed by atoms with E-state index >= 15 is 0 Å². The number of aromatic nitrogens is 4. The first-order chi connectivity index (χ1) is 16.6. The Balaban J connectivity index is 1.53. The fourth-order valence-corrected chi connectivity index (χ4v) is 4.13. The van der Waals surface area contributed by atoms with Crippen molar-refractivity contribution in [3.8, 4) is 5.69 Å². The molecule has 0 radical (unpaired) electrons. The SMILES string of the molecule is O=C(Cn1nc(C2CC2)c2cnn(-c3cccc(Cl)c3)c2c1=O)Nc1cc(C(F)(F)F)ccc1Cl. The second-order valence-electron chi connectivity index (χ2n) is 8.16.